The number of anilines is 1. The van der Waals surface area contributed by atoms with E-state index < -0.39 is 0 Å². The Labute approximate surface area is 154 Å². The molecule has 0 saturated carbocycles. The van der Waals surface area contributed by atoms with Gasteiger partial charge in [0.25, 0.3) is 5.91 Å². The summed E-state index contributed by atoms with van der Waals surface area (Å²) in [6.45, 7) is 1.97. The van der Waals surface area contributed by atoms with Crippen LogP contribution in [0.4, 0.5) is 5.69 Å². The first-order chi connectivity index (χ1) is 12.7. The number of hydrogen-bond acceptors (Lipinski definition) is 4. The van der Waals surface area contributed by atoms with Crippen LogP contribution in [0.15, 0.2) is 60.1 Å². The average Bonchev–Trinajstić information content (AvgIpc) is 3.24. The van der Waals surface area contributed by atoms with Crippen LogP contribution < -0.4 is 10.1 Å². The molecule has 2 aromatic carbocycles. The van der Waals surface area contributed by atoms with E-state index >= 15 is 0 Å². The zero-order chi connectivity index (χ0) is 18.1. The number of amides is 1. The Kier molecular flexibility index (Phi) is 4.18. The molecule has 0 saturated heterocycles. The number of para-hydroxylation sites is 1. The van der Waals surface area contributed by atoms with E-state index in [4.69, 9.17) is 4.74 Å². The molecule has 0 radical (unpaired) electrons. The Bertz CT molecular complexity index is 1100. The Morgan fingerprint density at radius 2 is 2.04 bits per heavy atom. The summed E-state index contributed by atoms with van der Waals surface area (Å²) in [5.74, 6) is 0.622. The van der Waals surface area contributed by atoms with E-state index in [1.165, 1.54) is 11.3 Å². The standard InChI is InChI=1S/C20H17N3O2S/c1-13-6-3-4-9-16(13)21-19(24)18-12-26-20-22-17(11-23(18)20)14-7-5-8-15(10-14)25-2/h3-12H,1-2H3,(H,21,24). The van der Waals surface area contributed by atoms with Crippen LogP contribution in [0.2, 0.25) is 0 Å². The zero-order valence-electron chi connectivity index (χ0n) is 14.4. The summed E-state index contributed by atoms with van der Waals surface area (Å²) in [4.78, 5) is 18.1. The van der Waals surface area contributed by atoms with Gasteiger partial charge in [0, 0.05) is 22.8 Å². The molecule has 0 spiro atoms. The molecule has 5 nitrogen and oxygen atoms in total. The first-order valence-corrected chi connectivity index (χ1v) is 9.01. The molecule has 130 valence electrons. The van der Waals surface area contributed by atoms with E-state index in [2.05, 4.69) is 10.3 Å². The lowest BCUT2D eigenvalue weighted by Gasteiger charge is -2.07. The topological polar surface area (TPSA) is 55.6 Å². The molecule has 26 heavy (non-hydrogen) atoms. The predicted octanol–water partition coefficient (Wildman–Crippen LogP) is 4.63. The lowest BCUT2D eigenvalue weighted by Crippen LogP contribution is -2.14. The van der Waals surface area contributed by atoms with Crippen LogP contribution in [0, 0.1) is 6.92 Å². The van der Waals surface area contributed by atoms with Gasteiger partial charge in [0.1, 0.15) is 11.4 Å². The fourth-order valence-corrected chi connectivity index (χ4v) is 3.62. The van der Waals surface area contributed by atoms with E-state index in [9.17, 15) is 4.79 Å². The van der Waals surface area contributed by atoms with Crippen molar-refractivity contribution in [1.82, 2.24) is 9.38 Å². The Morgan fingerprint density at radius 1 is 1.19 bits per heavy atom. The minimum Gasteiger partial charge on any atom is -0.497 e. The summed E-state index contributed by atoms with van der Waals surface area (Å²) in [6.07, 6.45) is 1.88. The highest BCUT2D eigenvalue weighted by Gasteiger charge is 2.16. The maximum Gasteiger partial charge on any atom is 0.273 e. The molecule has 0 atom stereocenters. The summed E-state index contributed by atoms with van der Waals surface area (Å²) in [6, 6.07) is 15.4. The second kappa shape index (κ2) is 6.65. The number of methoxy groups -OCH3 is 1. The molecule has 1 amide bonds. The van der Waals surface area contributed by atoms with Crippen LogP contribution in [0.3, 0.4) is 0 Å². The number of aromatic nitrogens is 2. The number of hydrogen-bond donors (Lipinski definition) is 1. The van der Waals surface area contributed by atoms with Gasteiger partial charge in [0.05, 0.1) is 12.8 Å². The molecule has 4 rings (SSSR count). The van der Waals surface area contributed by atoms with Crippen molar-refractivity contribution in [3.05, 3.63) is 71.4 Å². The van der Waals surface area contributed by atoms with Crippen LogP contribution >= 0.6 is 11.3 Å². The second-order valence-electron chi connectivity index (χ2n) is 5.90. The average molecular weight is 363 g/mol. The van der Waals surface area contributed by atoms with Crippen molar-refractivity contribution in [1.29, 1.82) is 0 Å². The molecule has 0 aliphatic rings. The Balaban J connectivity index is 1.67. The number of carbonyl (C=O) groups is 1. The molecule has 2 aromatic heterocycles. The van der Waals surface area contributed by atoms with Crippen LogP contribution in [0.25, 0.3) is 16.2 Å². The zero-order valence-corrected chi connectivity index (χ0v) is 15.2. The van der Waals surface area contributed by atoms with Crippen molar-refractivity contribution in [2.75, 3.05) is 12.4 Å². The van der Waals surface area contributed by atoms with Crippen molar-refractivity contribution < 1.29 is 9.53 Å². The monoisotopic (exact) mass is 363 g/mol. The largest absolute Gasteiger partial charge is 0.497 e. The van der Waals surface area contributed by atoms with Gasteiger partial charge in [-0.1, -0.05) is 30.3 Å². The summed E-state index contributed by atoms with van der Waals surface area (Å²) in [5.41, 5.74) is 4.15. The molecule has 1 N–H and O–H groups in total. The summed E-state index contributed by atoms with van der Waals surface area (Å²) >= 11 is 1.44. The van der Waals surface area contributed by atoms with Gasteiger partial charge in [-0.05, 0) is 30.7 Å². The van der Waals surface area contributed by atoms with Crippen LogP contribution in [0.1, 0.15) is 16.1 Å². The molecule has 0 aliphatic carbocycles. The van der Waals surface area contributed by atoms with Gasteiger partial charge in [0.2, 0.25) is 0 Å². The van der Waals surface area contributed by atoms with Gasteiger partial charge in [-0.15, -0.1) is 11.3 Å². The Morgan fingerprint density at radius 3 is 2.85 bits per heavy atom. The minimum absolute atomic E-state index is 0.153. The smallest absolute Gasteiger partial charge is 0.273 e. The molecular formula is C20H17N3O2S. The number of nitrogens with zero attached hydrogens (tertiary/aromatic N) is 2. The predicted molar refractivity (Wildman–Crippen MR) is 104 cm³/mol. The van der Waals surface area contributed by atoms with E-state index in [0.717, 1.165) is 33.2 Å². The highest BCUT2D eigenvalue weighted by molar-refractivity contribution is 7.15. The third kappa shape index (κ3) is 2.95. The lowest BCUT2D eigenvalue weighted by atomic mass is 10.1. The third-order valence-corrected chi connectivity index (χ3v) is 5.04. The normalized spacial score (nSPS) is 10.8. The van der Waals surface area contributed by atoms with Crippen molar-refractivity contribution in [3.63, 3.8) is 0 Å². The highest BCUT2D eigenvalue weighted by atomic mass is 32.1. The first-order valence-electron chi connectivity index (χ1n) is 8.14. The van der Waals surface area contributed by atoms with Crippen LogP contribution in [-0.2, 0) is 0 Å². The number of nitrogens with one attached hydrogen (secondary N) is 1. The van der Waals surface area contributed by atoms with E-state index in [0.29, 0.717) is 5.69 Å². The molecule has 0 fully saturated rings. The fraction of sp³-hybridized carbons (Fsp3) is 0.100. The number of fused-ring (bicyclic) bond motifs is 1. The van der Waals surface area contributed by atoms with Gasteiger partial charge in [-0.3, -0.25) is 9.20 Å². The SMILES string of the molecule is COc1cccc(-c2cn3c(C(=O)Nc4ccccc4C)csc3n2)c1. The van der Waals surface area contributed by atoms with Crippen molar-refractivity contribution >= 4 is 27.9 Å². The van der Waals surface area contributed by atoms with Gasteiger partial charge in [-0.2, -0.15) is 0 Å². The van der Waals surface area contributed by atoms with E-state index in [1.807, 2.05) is 71.4 Å². The quantitative estimate of drug-likeness (QED) is 0.575. The molecule has 0 bridgehead atoms. The van der Waals surface area contributed by atoms with Crippen molar-refractivity contribution in [2.45, 2.75) is 6.92 Å². The number of carbonyl (C=O) groups excluding carboxylic acids is 1. The second-order valence-corrected chi connectivity index (χ2v) is 6.74. The number of rotatable bonds is 4. The lowest BCUT2D eigenvalue weighted by molar-refractivity contribution is 0.102. The maximum absolute atomic E-state index is 12.7. The molecule has 2 heterocycles. The van der Waals surface area contributed by atoms with Crippen LogP contribution in [-0.4, -0.2) is 22.4 Å². The molecular weight excluding hydrogens is 346 g/mol. The highest BCUT2D eigenvalue weighted by Crippen LogP contribution is 2.26. The molecule has 6 heteroatoms. The number of ether oxygens (including phenoxy) is 1. The van der Waals surface area contributed by atoms with Gasteiger partial charge >= 0.3 is 0 Å². The van der Waals surface area contributed by atoms with Crippen molar-refractivity contribution in [3.8, 4) is 17.0 Å². The van der Waals surface area contributed by atoms with Gasteiger partial charge in [0.15, 0.2) is 4.96 Å². The van der Waals surface area contributed by atoms with Crippen molar-refractivity contribution in [2.24, 2.45) is 0 Å². The molecule has 0 aliphatic heterocycles. The number of thiazole rings is 1. The summed E-state index contributed by atoms with van der Waals surface area (Å²) < 4.78 is 7.10. The van der Waals surface area contributed by atoms with Gasteiger partial charge < -0.3 is 10.1 Å². The molecule has 0 unspecified atom stereocenters. The third-order valence-electron chi connectivity index (χ3n) is 4.20. The number of benzene rings is 2. The van der Waals surface area contributed by atoms with E-state index in [-0.39, 0.29) is 5.91 Å². The van der Waals surface area contributed by atoms with Gasteiger partial charge in [-0.25, -0.2) is 4.98 Å². The minimum atomic E-state index is -0.153. The fourth-order valence-electron chi connectivity index (χ4n) is 2.77. The first kappa shape index (κ1) is 16.4. The Hall–Kier alpha value is -3.12. The summed E-state index contributed by atoms with van der Waals surface area (Å²) in [7, 11) is 1.64. The van der Waals surface area contributed by atoms with Crippen LogP contribution in [0.5, 0.6) is 5.75 Å². The summed E-state index contributed by atoms with van der Waals surface area (Å²) in [5, 5.41) is 4.80. The molecule has 4 aromatic rings. The number of imidazole rings is 1. The maximum atomic E-state index is 12.7. The van der Waals surface area contributed by atoms with E-state index in [1.54, 1.807) is 7.11 Å². The number of aryl methyl sites for hydroxylation is 1.